The van der Waals surface area contributed by atoms with E-state index in [1.54, 1.807) is 0 Å². The van der Waals surface area contributed by atoms with Crippen LogP contribution >= 0.6 is 0 Å². The molecule has 0 saturated carbocycles. The molecule has 1 heterocycles. The molecule has 22 heavy (non-hydrogen) atoms. The summed E-state index contributed by atoms with van der Waals surface area (Å²) in [6.07, 6.45) is 3.93. The van der Waals surface area contributed by atoms with Gasteiger partial charge in [0.15, 0.2) is 5.96 Å². The highest BCUT2D eigenvalue weighted by molar-refractivity contribution is 5.79. The summed E-state index contributed by atoms with van der Waals surface area (Å²) in [5, 5.41) is 11.0. The van der Waals surface area contributed by atoms with Crippen LogP contribution in [-0.4, -0.2) is 28.3 Å². The molecule has 5 heteroatoms. The van der Waals surface area contributed by atoms with Gasteiger partial charge in [0.1, 0.15) is 0 Å². The summed E-state index contributed by atoms with van der Waals surface area (Å²) < 4.78 is 1.95. The van der Waals surface area contributed by atoms with Gasteiger partial charge in [-0.1, -0.05) is 30.3 Å². The smallest absolute Gasteiger partial charge is 0.191 e. The number of benzene rings is 1. The minimum absolute atomic E-state index is 0.360. The van der Waals surface area contributed by atoms with Crippen molar-refractivity contribution in [2.45, 2.75) is 39.9 Å². The molecule has 0 saturated heterocycles. The second-order valence-electron chi connectivity index (χ2n) is 5.53. The Labute approximate surface area is 132 Å². The number of guanidine groups is 1. The van der Waals surface area contributed by atoms with Crippen LogP contribution in [0.3, 0.4) is 0 Å². The molecule has 2 rings (SSSR count). The van der Waals surface area contributed by atoms with Crippen LogP contribution in [0.1, 0.15) is 31.9 Å². The van der Waals surface area contributed by atoms with E-state index in [1.165, 1.54) is 5.56 Å². The molecule has 0 unspecified atom stereocenters. The molecule has 1 aromatic heterocycles. The van der Waals surface area contributed by atoms with Gasteiger partial charge in [0.05, 0.1) is 19.3 Å². The molecular formula is C17H25N5. The summed E-state index contributed by atoms with van der Waals surface area (Å²) in [6, 6.07) is 10.7. The summed E-state index contributed by atoms with van der Waals surface area (Å²) in [5.74, 6) is 0.841. The molecule has 5 nitrogen and oxygen atoms in total. The largest absolute Gasteiger partial charge is 0.357 e. The molecule has 0 aliphatic carbocycles. The minimum atomic E-state index is 0.360. The van der Waals surface area contributed by atoms with Crippen molar-refractivity contribution in [2.24, 2.45) is 4.99 Å². The van der Waals surface area contributed by atoms with Crippen molar-refractivity contribution >= 4 is 5.96 Å². The molecule has 0 amide bonds. The van der Waals surface area contributed by atoms with Crippen LogP contribution < -0.4 is 10.6 Å². The zero-order valence-electron chi connectivity index (χ0n) is 13.6. The second-order valence-corrected chi connectivity index (χ2v) is 5.53. The quantitative estimate of drug-likeness (QED) is 0.636. The second kappa shape index (κ2) is 8.22. The van der Waals surface area contributed by atoms with Crippen LogP contribution in [0.15, 0.2) is 47.7 Å². The van der Waals surface area contributed by atoms with E-state index in [2.05, 4.69) is 59.8 Å². The third kappa shape index (κ3) is 5.24. The lowest BCUT2D eigenvalue weighted by atomic mass is 10.2. The van der Waals surface area contributed by atoms with Crippen molar-refractivity contribution in [1.29, 1.82) is 0 Å². The van der Waals surface area contributed by atoms with E-state index in [0.717, 1.165) is 24.6 Å². The predicted octanol–water partition coefficient (Wildman–Crippen LogP) is 2.39. The van der Waals surface area contributed by atoms with Crippen LogP contribution in [-0.2, 0) is 13.1 Å². The zero-order valence-corrected chi connectivity index (χ0v) is 13.6. The Hall–Kier alpha value is -2.30. The molecule has 0 aliphatic heterocycles. The van der Waals surface area contributed by atoms with Gasteiger partial charge in [-0.05, 0) is 26.3 Å². The zero-order chi connectivity index (χ0) is 15.8. The molecule has 0 aliphatic rings. The number of hydrogen-bond acceptors (Lipinski definition) is 2. The Morgan fingerprint density at radius 2 is 2.00 bits per heavy atom. The van der Waals surface area contributed by atoms with Crippen LogP contribution in [0.5, 0.6) is 0 Å². The van der Waals surface area contributed by atoms with E-state index < -0.39 is 0 Å². The van der Waals surface area contributed by atoms with Gasteiger partial charge in [0.2, 0.25) is 0 Å². The van der Waals surface area contributed by atoms with Gasteiger partial charge in [0, 0.05) is 24.3 Å². The fourth-order valence-corrected chi connectivity index (χ4v) is 2.11. The van der Waals surface area contributed by atoms with Gasteiger partial charge in [-0.15, -0.1) is 0 Å². The fraction of sp³-hybridized carbons (Fsp3) is 0.412. The molecule has 0 bridgehead atoms. The first-order valence-corrected chi connectivity index (χ1v) is 7.77. The van der Waals surface area contributed by atoms with Gasteiger partial charge in [0.25, 0.3) is 0 Å². The van der Waals surface area contributed by atoms with E-state index in [9.17, 15) is 0 Å². The number of aliphatic imine (C=N–C) groups is 1. The third-order valence-corrected chi connectivity index (χ3v) is 3.06. The average Bonchev–Trinajstić information content (AvgIpc) is 2.93. The molecule has 2 N–H and O–H groups in total. The van der Waals surface area contributed by atoms with Gasteiger partial charge in [-0.3, -0.25) is 4.68 Å². The topological polar surface area (TPSA) is 54.2 Å². The standard InChI is InChI=1S/C17H25N5/c1-4-18-17(21-14(2)3)19-10-16-11-20-22(13-16)12-15-8-6-5-7-9-15/h5-9,11,13-14H,4,10,12H2,1-3H3,(H2,18,19,21). The molecule has 118 valence electrons. The summed E-state index contributed by atoms with van der Waals surface area (Å²) in [5.41, 5.74) is 2.35. The van der Waals surface area contributed by atoms with Gasteiger partial charge in [-0.2, -0.15) is 5.10 Å². The van der Waals surface area contributed by atoms with Crippen LogP contribution in [0.25, 0.3) is 0 Å². The Morgan fingerprint density at radius 1 is 1.23 bits per heavy atom. The van der Waals surface area contributed by atoms with Crippen molar-refractivity contribution in [3.05, 3.63) is 53.9 Å². The minimum Gasteiger partial charge on any atom is -0.357 e. The van der Waals surface area contributed by atoms with E-state index in [1.807, 2.05) is 29.1 Å². The maximum Gasteiger partial charge on any atom is 0.191 e. The maximum absolute atomic E-state index is 4.59. The van der Waals surface area contributed by atoms with Crippen LogP contribution in [0.4, 0.5) is 0 Å². The molecule has 0 atom stereocenters. The highest BCUT2D eigenvalue weighted by atomic mass is 15.3. The maximum atomic E-state index is 4.59. The number of nitrogens with zero attached hydrogens (tertiary/aromatic N) is 3. The highest BCUT2D eigenvalue weighted by Gasteiger charge is 2.02. The SMILES string of the molecule is CCNC(=NCc1cnn(Cc2ccccc2)c1)NC(C)C. The Bertz CT molecular complexity index is 586. The normalized spacial score (nSPS) is 11.7. The van der Waals surface area contributed by atoms with Crippen molar-refractivity contribution in [3.63, 3.8) is 0 Å². The Morgan fingerprint density at radius 3 is 2.68 bits per heavy atom. The average molecular weight is 299 g/mol. The number of hydrogen-bond donors (Lipinski definition) is 2. The Balaban J connectivity index is 1.96. The predicted molar refractivity (Wildman–Crippen MR) is 90.9 cm³/mol. The Kier molecular flexibility index (Phi) is 6.01. The van der Waals surface area contributed by atoms with E-state index in [0.29, 0.717) is 12.6 Å². The first-order valence-electron chi connectivity index (χ1n) is 7.77. The van der Waals surface area contributed by atoms with Gasteiger partial charge < -0.3 is 10.6 Å². The highest BCUT2D eigenvalue weighted by Crippen LogP contribution is 2.05. The van der Waals surface area contributed by atoms with E-state index >= 15 is 0 Å². The van der Waals surface area contributed by atoms with Crippen molar-refractivity contribution in [1.82, 2.24) is 20.4 Å². The fourth-order valence-electron chi connectivity index (χ4n) is 2.11. The number of aromatic nitrogens is 2. The van der Waals surface area contributed by atoms with Crippen molar-refractivity contribution in [2.75, 3.05) is 6.54 Å². The van der Waals surface area contributed by atoms with Gasteiger partial charge >= 0.3 is 0 Å². The number of nitrogens with one attached hydrogen (secondary N) is 2. The molecule has 0 radical (unpaired) electrons. The molecule has 0 fully saturated rings. The summed E-state index contributed by atoms with van der Waals surface area (Å²) in [7, 11) is 0. The molecule has 0 spiro atoms. The molecular weight excluding hydrogens is 274 g/mol. The van der Waals surface area contributed by atoms with Crippen molar-refractivity contribution in [3.8, 4) is 0 Å². The van der Waals surface area contributed by atoms with Crippen LogP contribution in [0, 0.1) is 0 Å². The van der Waals surface area contributed by atoms with E-state index in [-0.39, 0.29) is 0 Å². The molecule has 2 aromatic rings. The lowest BCUT2D eigenvalue weighted by molar-refractivity contribution is 0.685. The van der Waals surface area contributed by atoms with Crippen molar-refractivity contribution < 1.29 is 0 Å². The first kappa shape index (κ1) is 16.1. The first-order chi connectivity index (χ1) is 10.7. The lowest BCUT2D eigenvalue weighted by Crippen LogP contribution is -2.40. The van der Waals surface area contributed by atoms with Crippen LogP contribution in [0.2, 0.25) is 0 Å². The number of rotatable bonds is 6. The third-order valence-electron chi connectivity index (χ3n) is 3.06. The summed E-state index contributed by atoms with van der Waals surface area (Å²) in [6.45, 7) is 8.53. The molecule has 1 aromatic carbocycles. The van der Waals surface area contributed by atoms with Gasteiger partial charge in [-0.25, -0.2) is 4.99 Å². The lowest BCUT2D eigenvalue weighted by Gasteiger charge is -2.13. The summed E-state index contributed by atoms with van der Waals surface area (Å²) >= 11 is 0. The van der Waals surface area contributed by atoms with E-state index in [4.69, 9.17) is 0 Å². The summed E-state index contributed by atoms with van der Waals surface area (Å²) in [4.78, 5) is 4.59. The monoisotopic (exact) mass is 299 g/mol.